The van der Waals surface area contributed by atoms with E-state index in [0.29, 0.717) is 25.7 Å². The Morgan fingerprint density at radius 2 is 1.93 bits per heavy atom. The molecule has 6 aliphatic rings. The Hall–Kier alpha value is -1.32. The van der Waals surface area contributed by atoms with Gasteiger partial charge in [-0.3, -0.25) is 9.59 Å². The molecule has 166 valence electrons. The van der Waals surface area contributed by atoms with Crippen LogP contribution in [0.1, 0.15) is 39.5 Å². The highest BCUT2D eigenvalue weighted by molar-refractivity contribution is 6.05. The molecule has 4 aliphatic carbocycles. The Bertz CT molecular complexity index is 841. The minimum Gasteiger partial charge on any atom is -0.465 e. The number of hydrogen-bond donors (Lipinski definition) is 4. The highest BCUT2D eigenvalue weighted by atomic mass is 16.6. The number of ether oxygens (including phenoxy) is 2. The van der Waals surface area contributed by atoms with Gasteiger partial charge in [0.25, 0.3) is 0 Å². The molecular formula is C22H30O8. The summed E-state index contributed by atoms with van der Waals surface area (Å²) in [5.41, 5.74) is -3.28. The number of ketones is 1. The minimum atomic E-state index is -2.30. The molecule has 8 heteroatoms. The number of esters is 1. The topological polar surface area (TPSA) is 134 Å². The van der Waals surface area contributed by atoms with E-state index in [-0.39, 0.29) is 18.8 Å². The maximum atomic E-state index is 13.5. The molecule has 4 bridgehead atoms. The van der Waals surface area contributed by atoms with E-state index in [1.807, 2.05) is 6.92 Å². The normalized spacial score (nSPS) is 56.5. The van der Waals surface area contributed by atoms with Gasteiger partial charge in [0, 0.05) is 29.6 Å². The van der Waals surface area contributed by atoms with Gasteiger partial charge in [-0.15, -0.1) is 0 Å². The van der Waals surface area contributed by atoms with Crippen LogP contribution in [0, 0.1) is 34.0 Å². The van der Waals surface area contributed by atoms with Crippen molar-refractivity contribution in [3.63, 3.8) is 0 Å². The molecule has 0 radical (unpaired) electrons. The average Bonchev–Trinajstić information content (AvgIpc) is 2.80. The molecule has 2 saturated heterocycles. The quantitative estimate of drug-likeness (QED) is 0.359. The van der Waals surface area contributed by atoms with Gasteiger partial charge >= 0.3 is 5.97 Å². The first-order valence-corrected chi connectivity index (χ1v) is 10.8. The van der Waals surface area contributed by atoms with Crippen molar-refractivity contribution < 1.29 is 39.5 Å². The fraction of sp³-hybridized carbons (Fsp3) is 0.818. The van der Waals surface area contributed by atoms with Gasteiger partial charge < -0.3 is 29.9 Å². The van der Waals surface area contributed by atoms with Gasteiger partial charge in [-0.1, -0.05) is 13.5 Å². The van der Waals surface area contributed by atoms with E-state index in [4.69, 9.17) is 9.47 Å². The van der Waals surface area contributed by atoms with E-state index < -0.39 is 69.9 Å². The lowest BCUT2D eigenvalue weighted by molar-refractivity contribution is -0.459. The van der Waals surface area contributed by atoms with Crippen LogP contribution in [0.2, 0.25) is 0 Å². The van der Waals surface area contributed by atoms with Crippen molar-refractivity contribution in [3.05, 3.63) is 12.2 Å². The fourth-order valence-electron chi connectivity index (χ4n) is 8.16. The van der Waals surface area contributed by atoms with Crippen LogP contribution in [0.3, 0.4) is 0 Å². The van der Waals surface area contributed by atoms with Crippen molar-refractivity contribution in [3.8, 4) is 0 Å². The number of hydrogen-bond acceptors (Lipinski definition) is 8. The summed E-state index contributed by atoms with van der Waals surface area (Å²) in [7, 11) is 0. The van der Waals surface area contributed by atoms with Crippen molar-refractivity contribution in [2.75, 3.05) is 13.2 Å². The zero-order valence-corrected chi connectivity index (χ0v) is 17.3. The number of aliphatic hydroxyl groups is 4. The summed E-state index contributed by atoms with van der Waals surface area (Å²) in [4.78, 5) is 25.0. The van der Waals surface area contributed by atoms with Crippen LogP contribution in [0.25, 0.3) is 0 Å². The molecule has 0 unspecified atom stereocenters. The third-order valence-corrected chi connectivity index (χ3v) is 9.32. The number of carbonyl (C=O) groups excluding carboxylic acids is 2. The van der Waals surface area contributed by atoms with Gasteiger partial charge in [-0.2, -0.15) is 0 Å². The van der Waals surface area contributed by atoms with Gasteiger partial charge in [0.1, 0.15) is 11.5 Å². The molecule has 0 aromatic carbocycles. The predicted octanol–water partition coefficient (Wildman–Crippen LogP) is -0.0812. The van der Waals surface area contributed by atoms with Gasteiger partial charge in [0.15, 0.2) is 5.78 Å². The monoisotopic (exact) mass is 422 g/mol. The Kier molecular flexibility index (Phi) is 4.06. The zero-order valence-electron chi connectivity index (χ0n) is 17.3. The van der Waals surface area contributed by atoms with Gasteiger partial charge in [-0.05, 0) is 37.2 Å². The molecule has 0 aromatic heterocycles. The first-order valence-electron chi connectivity index (χ1n) is 10.8. The standard InChI is InChI=1S/C22H30O8/c1-10-12-4-5-13-20-9-30-22(28,21(13,16(10)25)17(12)26)18(27)15(20)19(3,7-6-14(20)24)8-29-11(2)23/h12-15,17-18,24,26-28H,1,4-9H2,2-3H3/t12-,13-,14+,15+,17+,18-,19-,20+,21-,22+/m0/s1. The van der Waals surface area contributed by atoms with E-state index in [0.717, 1.165) is 0 Å². The van der Waals surface area contributed by atoms with Crippen molar-refractivity contribution in [2.24, 2.45) is 34.0 Å². The van der Waals surface area contributed by atoms with Crippen molar-refractivity contribution in [2.45, 2.75) is 63.6 Å². The van der Waals surface area contributed by atoms with E-state index in [1.165, 1.54) is 6.92 Å². The third-order valence-electron chi connectivity index (χ3n) is 9.32. The molecule has 8 nitrogen and oxygen atoms in total. The lowest BCUT2D eigenvalue weighted by atomic mass is 9.35. The highest BCUT2D eigenvalue weighted by Crippen LogP contribution is 2.76. The number of rotatable bonds is 2. The molecule has 2 heterocycles. The predicted molar refractivity (Wildman–Crippen MR) is 102 cm³/mol. The van der Waals surface area contributed by atoms with Crippen LogP contribution in [-0.4, -0.2) is 69.5 Å². The fourth-order valence-corrected chi connectivity index (χ4v) is 8.16. The SMILES string of the molecule is C=C1C(=O)[C@]23[C@H](O)[C@H]1CC[C@H]2[C@@]12CO[C@]3(O)[C@@H](O)[C@@H]1[C@](C)(COC(C)=O)CC[C@H]2O. The van der Waals surface area contributed by atoms with E-state index in [1.54, 1.807) is 0 Å². The maximum Gasteiger partial charge on any atom is 0.302 e. The van der Waals surface area contributed by atoms with Crippen LogP contribution < -0.4 is 0 Å². The minimum absolute atomic E-state index is 0.0279. The molecule has 0 aromatic rings. The summed E-state index contributed by atoms with van der Waals surface area (Å²) in [5.74, 6) is -4.96. The lowest BCUT2D eigenvalue weighted by Gasteiger charge is -2.74. The summed E-state index contributed by atoms with van der Waals surface area (Å²) >= 11 is 0. The third kappa shape index (κ3) is 1.92. The Morgan fingerprint density at radius 1 is 1.23 bits per heavy atom. The molecule has 2 spiro atoms. The molecule has 4 N–H and O–H groups in total. The average molecular weight is 422 g/mol. The maximum absolute atomic E-state index is 13.5. The molecule has 6 rings (SSSR count). The van der Waals surface area contributed by atoms with Gasteiger partial charge in [-0.25, -0.2) is 0 Å². The smallest absolute Gasteiger partial charge is 0.302 e. The number of Topliss-reactive ketones (excluding diaryl/α,β-unsaturated/α-hetero) is 1. The van der Waals surface area contributed by atoms with Gasteiger partial charge in [0.2, 0.25) is 5.79 Å². The van der Waals surface area contributed by atoms with Crippen LogP contribution in [0.4, 0.5) is 0 Å². The summed E-state index contributed by atoms with van der Waals surface area (Å²) in [6.07, 6.45) is -1.78. The number of carbonyl (C=O) groups is 2. The van der Waals surface area contributed by atoms with E-state index in [9.17, 15) is 30.0 Å². The van der Waals surface area contributed by atoms with E-state index in [2.05, 4.69) is 6.58 Å². The lowest BCUT2D eigenvalue weighted by Crippen LogP contribution is -2.86. The number of aliphatic hydroxyl groups excluding tert-OH is 3. The largest absolute Gasteiger partial charge is 0.465 e. The Labute approximate surface area is 174 Å². The van der Waals surface area contributed by atoms with Crippen molar-refractivity contribution in [1.82, 2.24) is 0 Å². The van der Waals surface area contributed by atoms with Crippen LogP contribution in [-0.2, 0) is 19.1 Å². The molecule has 0 amide bonds. The molecule has 2 aliphatic heterocycles. The molecule has 6 fully saturated rings. The first kappa shape index (κ1) is 20.6. The van der Waals surface area contributed by atoms with E-state index >= 15 is 0 Å². The second-order valence-electron chi connectivity index (χ2n) is 10.4. The Balaban J connectivity index is 1.71. The van der Waals surface area contributed by atoms with Crippen molar-refractivity contribution in [1.29, 1.82) is 0 Å². The molecule has 4 saturated carbocycles. The van der Waals surface area contributed by atoms with Gasteiger partial charge in [0.05, 0.1) is 25.4 Å². The summed E-state index contributed by atoms with van der Waals surface area (Å²) in [6, 6.07) is 0. The Morgan fingerprint density at radius 3 is 2.60 bits per heavy atom. The highest BCUT2D eigenvalue weighted by Gasteiger charge is 2.87. The molecule has 10 atom stereocenters. The summed E-state index contributed by atoms with van der Waals surface area (Å²) in [5, 5.41) is 45.8. The number of fused-ring (bicyclic) bond motifs is 2. The molecule has 30 heavy (non-hydrogen) atoms. The second kappa shape index (κ2) is 5.92. The summed E-state index contributed by atoms with van der Waals surface area (Å²) in [6.45, 7) is 7.06. The summed E-state index contributed by atoms with van der Waals surface area (Å²) < 4.78 is 11.1. The molecular weight excluding hydrogens is 392 g/mol. The van der Waals surface area contributed by atoms with Crippen molar-refractivity contribution >= 4 is 11.8 Å². The zero-order chi connectivity index (χ0) is 21.9. The second-order valence-corrected chi connectivity index (χ2v) is 10.4. The first-order chi connectivity index (χ1) is 14.0. The van der Waals surface area contributed by atoms with Crippen LogP contribution >= 0.6 is 0 Å². The van der Waals surface area contributed by atoms with Crippen LogP contribution in [0.5, 0.6) is 0 Å². The van der Waals surface area contributed by atoms with Crippen LogP contribution in [0.15, 0.2) is 12.2 Å².